The van der Waals surface area contributed by atoms with Gasteiger partial charge in [0.25, 0.3) is 0 Å². The van der Waals surface area contributed by atoms with Gasteiger partial charge in [-0.3, -0.25) is 0 Å². The molecule has 0 aromatic rings. The number of nitrogens with zero attached hydrogens (tertiary/aromatic N) is 1. The fourth-order valence-electron chi connectivity index (χ4n) is 3.60. The Morgan fingerprint density at radius 3 is 1.42 bits per heavy atom. The summed E-state index contributed by atoms with van der Waals surface area (Å²) in [6.45, 7) is 39.8. The molecule has 0 aromatic heterocycles. The number of hydrogen-bond donors (Lipinski definition) is 0. The van der Waals surface area contributed by atoms with E-state index < -0.39 is 76.4 Å². The number of hydrogen-bond acceptors (Lipinski definition) is 10. The molecule has 0 unspecified atom stereocenters. The van der Waals surface area contributed by atoms with Gasteiger partial charge in [0, 0.05) is 0 Å². The first-order valence-electron chi connectivity index (χ1n) is 15.4. The van der Waals surface area contributed by atoms with Crippen molar-refractivity contribution >= 4 is 63.8 Å². The zero-order valence-corrected chi connectivity index (χ0v) is 37.8. The van der Waals surface area contributed by atoms with Gasteiger partial charge < -0.3 is 27.4 Å². The van der Waals surface area contributed by atoms with Crippen molar-refractivity contribution in [3.63, 3.8) is 0 Å². The lowest BCUT2D eigenvalue weighted by Gasteiger charge is -2.42. The topological polar surface area (TPSA) is 109 Å². The highest BCUT2D eigenvalue weighted by atomic mass is 31.2. The summed E-state index contributed by atoms with van der Waals surface area (Å²) in [6.07, 6.45) is -1.93. The van der Waals surface area contributed by atoms with Gasteiger partial charge in [0.15, 0.2) is 33.3 Å². The van der Waals surface area contributed by atoms with Gasteiger partial charge in [-0.2, -0.15) is 4.52 Å². The molecule has 0 heterocycles. The van der Waals surface area contributed by atoms with Gasteiger partial charge in [-0.1, -0.05) is 5.16 Å². The summed E-state index contributed by atoms with van der Waals surface area (Å²) in [5.74, 6) is 0. The standard InChI is InChI=1S/C26H66NO9PSi6/c1-20-29-27-23(21-31-38(2,3)4)25(33-40(8,9)10)26(34-41(11,12)13)24(32-39(5,6)7)22-30-37(28,35-42(14,15)16)36-43(17,18)19/h24-26H,20-22H2,1-19H3/b27-23-/t24-,25-,26-/m1/s1. The largest absolute Gasteiger partial charge is 0.607 e. The van der Waals surface area contributed by atoms with Crippen LogP contribution >= 0.6 is 8.17 Å². The minimum Gasteiger partial charge on any atom is -0.607 e. The summed E-state index contributed by atoms with van der Waals surface area (Å²) in [6, 6.07) is 0. The van der Waals surface area contributed by atoms with Crippen LogP contribution in [-0.4, -0.2) is 93.7 Å². The predicted octanol–water partition coefficient (Wildman–Crippen LogP) is 7.65. The van der Waals surface area contributed by atoms with Crippen molar-refractivity contribution in [1.29, 1.82) is 0 Å². The highest BCUT2D eigenvalue weighted by Crippen LogP contribution is 2.58. The Morgan fingerprint density at radius 1 is 0.628 bits per heavy atom. The fourth-order valence-corrected chi connectivity index (χ4v) is 14.0. The third-order valence-electron chi connectivity index (χ3n) is 4.60. The molecule has 0 aliphatic carbocycles. The second-order valence-corrected chi connectivity index (χ2v) is 45.6. The van der Waals surface area contributed by atoms with E-state index >= 15 is 0 Å². The smallest absolute Gasteiger partial charge is 0.356 e. The summed E-state index contributed by atoms with van der Waals surface area (Å²) >= 11 is 0. The van der Waals surface area contributed by atoms with Crippen molar-refractivity contribution in [2.24, 2.45) is 5.16 Å². The van der Waals surface area contributed by atoms with Crippen LogP contribution in [0.25, 0.3) is 0 Å². The van der Waals surface area contributed by atoms with Crippen LogP contribution in [0.5, 0.6) is 0 Å². The maximum Gasteiger partial charge on any atom is 0.356 e. The Morgan fingerprint density at radius 2 is 1.07 bits per heavy atom. The molecule has 0 spiro atoms. The molecule has 0 N–H and O–H groups in total. The quantitative estimate of drug-likeness (QED) is 0.0508. The lowest BCUT2D eigenvalue weighted by atomic mass is 10.0. The van der Waals surface area contributed by atoms with Crippen molar-refractivity contribution < 1.29 is 40.4 Å². The molecule has 0 aliphatic rings. The van der Waals surface area contributed by atoms with Crippen molar-refractivity contribution in [1.82, 2.24) is 0 Å². The molecule has 0 aromatic carbocycles. The third kappa shape index (κ3) is 23.0. The zero-order chi connectivity index (χ0) is 34.3. The van der Waals surface area contributed by atoms with Crippen LogP contribution in [0.2, 0.25) is 118 Å². The zero-order valence-electron chi connectivity index (χ0n) is 30.9. The van der Waals surface area contributed by atoms with Crippen LogP contribution < -0.4 is 4.89 Å². The number of oxime groups is 1. The van der Waals surface area contributed by atoms with Gasteiger partial charge in [-0.05, 0) is 125 Å². The second-order valence-electron chi connectivity index (χ2n) is 16.7. The van der Waals surface area contributed by atoms with Crippen LogP contribution in [0.4, 0.5) is 0 Å². The van der Waals surface area contributed by atoms with Crippen LogP contribution in [0.1, 0.15) is 6.92 Å². The summed E-state index contributed by atoms with van der Waals surface area (Å²) < 4.78 is 45.4. The number of phosphoric acid groups is 1. The minimum absolute atomic E-state index is 0.0615. The average molecular weight is 736 g/mol. The van der Waals surface area contributed by atoms with Gasteiger partial charge in [0.05, 0.1) is 6.61 Å². The normalized spacial score (nSPS) is 17.2. The van der Waals surface area contributed by atoms with Gasteiger partial charge in [-0.15, -0.1) is 0 Å². The average Bonchev–Trinajstić information content (AvgIpc) is 2.68. The molecule has 43 heavy (non-hydrogen) atoms. The lowest BCUT2D eigenvalue weighted by molar-refractivity contribution is -0.235. The lowest BCUT2D eigenvalue weighted by Crippen LogP contribution is -2.57. The predicted molar refractivity (Wildman–Crippen MR) is 195 cm³/mol. The monoisotopic (exact) mass is 735 g/mol. The Bertz CT molecular complexity index is 844. The van der Waals surface area contributed by atoms with Gasteiger partial charge in [-0.25, -0.2) is 8.43 Å². The molecular formula is C26H66NO9PSi6. The van der Waals surface area contributed by atoms with E-state index in [-0.39, 0.29) is 13.2 Å². The molecule has 258 valence electrons. The first-order valence-corrected chi connectivity index (χ1v) is 37.3. The van der Waals surface area contributed by atoms with E-state index in [1.807, 2.05) is 46.2 Å². The van der Waals surface area contributed by atoms with Crippen LogP contribution in [0, 0.1) is 0 Å². The van der Waals surface area contributed by atoms with Crippen LogP contribution in [0.15, 0.2) is 5.16 Å². The molecule has 0 rings (SSSR count). The molecule has 0 saturated carbocycles. The second kappa shape index (κ2) is 16.8. The molecule has 10 nitrogen and oxygen atoms in total. The first kappa shape index (κ1) is 43.9. The van der Waals surface area contributed by atoms with Crippen molar-refractivity contribution in [2.45, 2.75) is 143 Å². The van der Waals surface area contributed by atoms with E-state index in [0.29, 0.717) is 12.3 Å². The van der Waals surface area contributed by atoms with Gasteiger partial charge in [0.2, 0.25) is 16.6 Å². The number of rotatable bonds is 21. The van der Waals surface area contributed by atoms with Crippen molar-refractivity contribution in [3.8, 4) is 0 Å². The molecule has 3 atom stereocenters. The van der Waals surface area contributed by atoms with Crippen molar-refractivity contribution in [2.75, 3.05) is 19.8 Å². The van der Waals surface area contributed by atoms with E-state index in [2.05, 4.69) is 83.7 Å². The molecule has 0 aliphatic heterocycles. The van der Waals surface area contributed by atoms with E-state index in [4.69, 9.17) is 35.5 Å². The van der Waals surface area contributed by atoms with E-state index in [1.54, 1.807) is 0 Å². The Hall–Kier alpha value is 0.881. The third-order valence-corrected chi connectivity index (χ3v) is 15.2. The molecule has 0 bridgehead atoms. The Labute approximate surface area is 271 Å². The Kier molecular flexibility index (Phi) is 17.2. The summed E-state index contributed by atoms with van der Waals surface area (Å²) in [4.78, 5) is 19.8. The molecule has 0 fully saturated rings. The first-order chi connectivity index (χ1) is 18.8. The highest BCUT2D eigenvalue weighted by molar-refractivity contribution is 7.57. The van der Waals surface area contributed by atoms with E-state index in [0.717, 1.165) is 0 Å². The SMILES string of the molecule is CCO/N=C(/CO[Si](C)(C)C)[C@@H](O[Si](C)(C)C)[C@H](O[Si](C)(C)C)[C@@H](CO[P+]([O-])(O[Si](C)(C)C)O[Si](C)(C)C)O[Si](C)(C)C. The Balaban J connectivity index is 7.12. The maximum atomic E-state index is 14.2. The van der Waals surface area contributed by atoms with Crippen LogP contribution in [0.3, 0.4) is 0 Å². The highest BCUT2D eigenvalue weighted by Gasteiger charge is 2.48. The maximum absolute atomic E-state index is 14.2. The summed E-state index contributed by atoms with van der Waals surface area (Å²) in [5.41, 5.74) is 0.610. The van der Waals surface area contributed by atoms with E-state index in [1.165, 1.54) is 0 Å². The van der Waals surface area contributed by atoms with Gasteiger partial charge >= 0.3 is 8.17 Å². The summed E-state index contributed by atoms with van der Waals surface area (Å²) in [7, 11) is -17.0. The molecule has 17 heteroatoms. The summed E-state index contributed by atoms with van der Waals surface area (Å²) in [5, 5.41) is 4.53. The fraction of sp³-hybridized carbons (Fsp3) is 0.962. The molecule has 0 saturated heterocycles. The minimum atomic E-state index is -3.91. The molecular weight excluding hydrogens is 670 g/mol. The van der Waals surface area contributed by atoms with E-state index in [9.17, 15) is 4.89 Å². The van der Waals surface area contributed by atoms with Crippen molar-refractivity contribution in [3.05, 3.63) is 0 Å². The molecule has 0 radical (unpaired) electrons. The van der Waals surface area contributed by atoms with Crippen LogP contribution in [-0.2, 0) is 35.5 Å². The molecule has 0 amide bonds. The van der Waals surface area contributed by atoms with Gasteiger partial charge in [0.1, 0.15) is 37.2 Å².